The number of piperidine rings is 1. The van der Waals surface area contributed by atoms with Gasteiger partial charge in [0.25, 0.3) is 11.5 Å². The van der Waals surface area contributed by atoms with Gasteiger partial charge in [-0.15, -0.1) is 0 Å². The van der Waals surface area contributed by atoms with Crippen molar-refractivity contribution in [3.63, 3.8) is 0 Å². The van der Waals surface area contributed by atoms with Gasteiger partial charge in [-0.05, 0) is 37.9 Å². The van der Waals surface area contributed by atoms with Gasteiger partial charge in [0, 0.05) is 33.0 Å². The van der Waals surface area contributed by atoms with Gasteiger partial charge < -0.3 is 35.1 Å². The number of pyridine rings is 2. The molecule has 1 aliphatic carbocycles. The van der Waals surface area contributed by atoms with Crippen LogP contribution in [0.2, 0.25) is 0 Å². The second-order valence-electron chi connectivity index (χ2n) is 8.78. The highest BCUT2D eigenvalue weighted by Crippen LogP contribution is 2.29. The molecule has 186 valence electrons. The molecule has 1 unspecified atom stereocenters. The van der Waals surface area contributed by atoms with Gasteiger partial charge in [0.2, 0.25) is 5.76 Å². The Morgan fingerprint density at radius 2 is 2.14 bits per heavy atom. The zero-order valence-electron chi connectivity index (χ0n) is 19.5. The SMILES string of the molecule is CNc1cc(Nc2cccn(C3CCNC[C@@H]3F)c2=O)nc2c(C(=O)N[C@@H]3CC[C@H]3OC)onc12. The number of aromatic nitrogens is 3. The lowest BCUT2D eigenvalue weighted by molar-refractivity contribution is 0.00678. The lowest BCUT2D eigenvalue weighted by Crippen LogP contribution is -2.51. The summed E-state index contributed by atoms with van der Waals surface area (Å²) < 4.78 is 26.6. The van der Waals surface area contributed by atoms with Crippen molar-refractivity contribution in [3.05, 3.63) is 40.5 Å². The third-order valence-electron chi connectivity index (χ3n) is 6.71. The van der Waals surface area contributed by atoms with Crippen LogP contribution in [-0.2, 0) is 4.74 Å². The van der Waals surface area contributed by atoms with Crippen molar-refractivity contribution in [1.29, 1.82) is 0 Å². The van der Waals surface area contributed by atoms with Gasteiger partial charge in [-0.2, -0.15) is 0 Å². The number of hydrogen-bond donors (Lipinski definition) is 4. The third-order valence-corrected chi connectivity index (χ3v) is 6.71. The predicted molar refractivity (Wildman–Crippen MR) is 128 cm³/mol. The monoisotopic (exact) mass is 485 g/mol. The Labute approximate surface area is 200 Å². The van der Waals surface area contributed by atoms with Crippen molar-refractivity contribution in [1.82, 2.24) is 25.3 Å². The number of nitrogens with zero attached hydrogens (tertiary/aromatic N) is 3. The van der Waals surface area contributed by atoms with Crippen LogP contribution in [-0.4, -0.2) is 66.2 Å². The van der Waals surface area contributed by atoms with Crippen molar-refractivity contribution in [2.75, 3.05) is 37.9 Å². The fourth-order valence-corrected chi connectivity index (χ4v) is 4.60. The molecule has 1 saturated heterocycles. The Morgan fingerprint density at radius 1 is 1.29 bits per heavy atom. The van der Waals surface area contributed by atoms with E-state index in [1.807, 2.05) is 0 Å². The van der Waals surface area contributed by atoms with Crippen molar-refractivity contribution in [3.8, 4) is 0 Å². The Balaban J connectivity index is 1.45. The first-order valence-corrected chi connectivity index (χ1v) is 11.6. The molecule has 2 fully saturated rings. The molecule has 4 atom stereocenters. The molecule has 4 N–H and O–H groups in total. The summed E-state index contributed by atoms with van der Waals surface area (Å²) in [4.78, 5) is 30.5. The summed E-state index contributed by atoms with van der Waals surface area (Å²) in [6, 6.07) is 4.33. The Hall–Kier alpha value is -3.51. The number of carbonyl (C=O) groups excluding carboxylic acids is 1. The van der Waals surface area contributed by atoms with E-state index < -0.39 is 18.1 Å². The number of carbonyl (C=O) groups is 1. The number of halogens is 1. The van der Waals surface area contributed by atoms with Crippen LogP contribution in [0.15, 0.2) is 33.7 Å². The van der Waals surface area contributed by atoms with E-state index in [1.165, 1.54) is 4.57 Å². The number of rotatable bonds is 7. The smallest absolute Gasteiger partial charge is 0.292 e. The first-order valence-electron chi connectivity index (χ1n) is 11.6. The Kier molecular flexibility index (Phi) is 6.39. The summed E-state index contributed by atoms with van der Waals surface area (Å²) in [5.74, 6) is -0.148. The fraction of sp³-hybridized carbons (Fsp3) is 0.478. The van der Waals surface area contributed by atoms with E-state index in [4.69, 9.17) is 9.26 Å². The summed E-state index contributed by atoms with van der Waals surface area (Å²) >= 11 is 0. The van der Waals surface area contributed by atoms with E-state index in [0.717, 1.165) is 12.8 Å². The molecule has 3 aromatic rings. The van der Waals surface area contributed by atoms with Crippen LogP contribution in [0, 0.1) is 0 Å². The van der Waals surface area contributed by atoms with E-state index in [2.05, 4.69) is 31.4 Å². The molecule has 11 nitrogen and oxygen atoms in total. The molecule has 0 aromatic carbocycles. The first-order chi connectivity index (χ1) is 17.0. The van der Waals surface area contributed by atoms with E-state index in [0.29, 0.717) is 30.0 Å². The maximum atomic E-state index is 14.5. The van der Waals surface area contributed by atoms with Crippen LogP contribution < -0.4 is 26.8 Å². The zero-order chi connectivity index (χ0) is 24.5. The van der Waals surface area contributed by atoms with Crippen LogP contribution in [0.3, 0.4) is 0 Å². The molecule has 1 amide bonds. The van der Waals surface area contributed by atoms with E-state index in [1.54, 1.807) is 38.6 Å². The highest BCUT2D eigenvalue weighted by Gasteiger charge is 2.34. The van der Waals surface area contributed by atoms with Crippen molar-refractivity contribution in [2.24, 2.45) is 0 Å². The predicted octanol–water partition coefficient (Wildman–Crippen LogP) is 1.95. The van der Waals surface area contributed by atoms with Crippen LogP contribution in [0.4, 0.5) is 21.6 Å². The summed E-state index contributed by atoms with van der Waals surface area (Å²) in [7, 11) is 3.32. The van der Waals surface area contributed by atoms with E-state index in [9.17, 15) is 14.0 Å². The molecule has 1 aliphatic heterocycles. The Morgan fingerprint density at radius 3 is 2.86 bits per heavy atom. The topological polar surface area (TPSA) is 135 Å². The van der Waals surface area contributed by atoms with Crippen LogP contribution in [0.5, 0.6) is 0 Å². The average Bonchev–Trinajstić information content (AvgIpc) is 3.27. The van der Waals surface area contributed by atoms with E-state index >= 15 is 0 Å². The van der Waals surface area contributed by atoms with Crippen LogP contribution >= 0.6 is 0 Å². The van der Waals surface area contributed by atoms with E-state index in [-0.39, 0.29) is 41.2 Å². The van der Waals surface area contributed by atoms with Gasteiger partial charge in [-0.25, -0.2) is 9.37 Å². The molecule has 2 aliphatic rings. The summed E-state index contributed by atoms with van der Waals surface area (Å²) in [5, 5.41) is 16.0. The zero-order valence-corrected chi connectivity index (χ0v) is 19.5. The number of methoxy groups -OCH3 is 1. The lowest BCUT2D eigenvalue weighted by atomic mass is 9.89. The number of anilines is 3. The van der Waals surface area contributed by atoms with Gasteiger partial charge in [0.15, 0.2) is 5.52 Å². The molecule has 3 aromatic heterocycles. The minimum Gasteiger partial charge on any atom is -0.386 e. The number of fused-ring (bicyclic) bond motifs is 1. The van der Waals surface area contributed by atoms with Crippen molar-refractivity contribution >= 4 is 34.1 Å². The fourth-order valence-electron chi connectivity index (χ4n) is 4.60. The standard InChI is InChI=1S/C23H28FN7O4/c1-25-15-10-18(27-14-4-3-9-31(23(14)33)16-7-8-26-11-12(16)24)29-20-19(15)30-35-21(20)22(32)28-13-5-6-17(13)34-2/h3-4,9-10,12-13,16-17,25-26H,5-8,11H2,1-2H3,(H,27,29)(H,28,32)/t12-,13+,16?,17+/m0/s1. The number of nitrogens with one attached hydrogen (secondary N) is 4. The Bertz CT molecular complexity index is 1290. The van der Waals surface area contributed by atoms with Crippen molar-refractivity contribution in [2.45, 2.75) is 43.6 Å². The van der Waals surface area contributed by atoms with Gasteiger partial charge in [0.05, 0.1) is 23.9 Å². The summed E-state index contributed by atoms with van der Waals surface area (Å²) in [6.45, 7) is 0.853. The molecule has 1 saturated carbocycles. The van der Waals surface area contributed by atoms with Crippen LogP contribution in [0.25, 0.3) is 11.0 Å². The van der Waals surface area contributed by atoms with Crippen LogP contribution in [0.1, 0.15) is 35.9 Å². The number of amides is 1. The third kappa shape index (κ3) is 4.34. The molecule has 0 bridgehead atoms. The number of ether oxygens (including phenoxy) is 1. The maximum absolute atomic E-state index is 14.5. The number of alkyl halides is 1. The molecule has 12 heteroatoms. The van der Waals surface area contributed by atoms with Gasteiger partial charge in [0.1, 0.15) is 23.2 Å². The normalized spacial score (nSPS) is 24.1. The molecular formula is C23H28FN7O4. The first kappa shape index (κ1) is 23.2. The summed E-state index contributed by atoms with van der Waals surface area (Å²) in [6.07, 6.45) is 2.62. The van der Waals surface area contributed by atoms with Crippen molar-refractivity contribution < 1.29 is 18.4 Å². The maximum Gasteiger partial charge on any atom is 0.292 e. The van der Waals surface area contributed by atoms with Gasteiger partial charge in [-0.3, -0.25) is 9.59 Å². The lowest BCUT2D eigenvalue weighted by Gasteiger charge is -2.35. The largest absolute Gasteiger partial charge is 0.386 e. The highest BCUT2D eigenvalue weighted by molar-refractivity contribution is 6.05. The quantitative estimate of drug-likeness (QED) is 0.396. The average molecular weight is 486 g/mol. The summed E-state index contributed by atoms with van der Waals surface area (Å²) in [5.41, 5.74) is 1.10. The molecule has 35 heavy (non-hydrogen) atoms. The second kappa shape index (κ2) is 9.62. The molecular weight excluding hydrogens is 457 g/mol. The molecule has 5 rings (SSSR count). The minimum atomic E-state index is -1.16. The van der Waals surface area contributed by atoms with Gasteiger partial charge in [-0.1, -0.05) is 5.16 Å². The molecule has 0 spiro atoms. The minimum absolute atomic E-state index is 0.0256. The highest BCUT2D eigenvalue weighted by atomic mass is 19.1. The van der Waals surface area contributed by atoms with Gasteiger partial charge >= 0.3 is 0 Å². The second-order valence-corrected chi connectivity index (χ2v) is 8.78. The molecule has 4 heterocycles. The molecule has 0 radical (unpaired) electrons. The number of hydrogen-bond acceptors (Lipinski definition) is 9.